The van der Waals surface area contributed by atoms with Gasteiger partial charge in [-0.25, -0.2) is 9.37 Å². The van der Waals surface area contributed by atoms with Crippen LogP contribution in [0.2, 0.25) is 0 Å². The molecule has 0 aliphatic heterocycles. The van der Waals surface area contributed by atoms with Crippen LogP contribution in [0.1, 0.15) is 5.69 Å². The third kappa shape index (κ3) is 2.25. The molecular formula is C17H12FN3O2S. The highest BCUT2D eigenvalue weighted by atomic mass is 32.1. The molecule has 0 aliphatic rings. The van der Waals surface area contributed by atoms with E-state index >= 15 is 0 Å². The number of fused-ring (bicyclic) bond motifs is 2. The Morgan fingerprint density at radius 1 is 1.17 bits per heavy atom. The van der Waals surface area contributed by atoms with E-state index in [2.05, 4.69) is 4.98 Å². The van der Waals surface area contributed by atoms with Crippen LogP contribution in [0.15, 0.2) is 51.5 Å². The van der Waals surface area contributed by atoms with Gasteiger partial charge in [-0.15, -0.1) is 11.3 Å². The van der Waals surface area contributed by atoms with E-state index in [4.69, 9.17) is 0 Å². The smallest absolute Gasteiger partial charge is 0.274 e. The zero-order valence-electron chi connectivity index (χ0n) is 12.7. The van der Waals surface area contributed by atoms with Crippen molar-refractivity contribution in [3.63, 3.8) is 0 Å². The largest absolute Gasteiger partial charge is 0.309 e. The Morgan fingerprint density at radius 3 is 2.83 bits per heavy atom. The number of hydrogen-bond acceptors (Lipinski definition) is 4. The summed E-state index contributed by atoms with van der Waals surface area (Å²) in [6.45, 7) is 0.0454. The van der Waals surface area contributed by atoms with Crippen LogP contribution in [0.3, 0.4) is 0 Å². The predicted molar refractivity (Wildman–Crippen MR) is 92.1 cm³/mol. The van der Waals surface area contributed by atoms with Crippen molar-refractivity contribution in [1.82, 2.24) is 14.1 Å². The van der Waals surface area contributed by atoms with E-state index in [9.17, 15) is 14.0 Å². The molecule has 5 nitrogen and oxygen atoms in total. The maximum Gasteiger partial charge on any atom is 0.274 e. The molecule has 0 saturated carbocycles. The molecule has 0 amide bonds. The van der Waals surface area contributed by atoms with Crippen molar-refractivity contribution in [1.29, 1.82) is 0 Å². The Bertz CT molecular complexity index is 1210. The molecule has 0 radical (unpaired) electrons. The number of rotatable bonds is 2. The summed E-state index contributed by atoms with van der Waals surface area (Å²) in [6, 6.07) is 7.69. The van der Waals surface area contributed by atoms with Gasteiger partial charge in [0.15, 0.2) is 0 Å². The van der Waals surface area contributed by atoms with E-state index in [-0.39, 0.29) is 23.4 Å². The first-order valence-corrected chi connectivity index (χ1v) is 8.14. The molecule has 3 aromatic heterocycles. The summed E-state index contributed by atoms with van der Waals surface area (Å²) in [7, 11) is 1.61. The Balaban J connectivity index is 1.89. The van der Waals surface area contributed by atoms with Crippen LogP contribution in [0, 0.1) is 5.82 Å². The SMILES string of the molecule is Cn1c(=O)c(Cn2ccc3sccc3c2=O)nc2cc(F)ccc21. The highest BCUT2D eigenvalue weighted by molar-refractivity contribution is 7.17. The molecule has 0 atom stereocenters. The highest BCUT2D eigenvalue weighted by Gasteiger charge is 2.12. The molecule has 4 rings (SSSR count). The van der Waals surface area contributed by atoms with E-state index < -0.39 is 5.82 Å². The summed E-state index contributed by atoms with van der Waals surface area (Å²) in [4.78, 5) is 29.2. The van der Waals surface area contributed by atoms with Crippen molar-refractivity contribution in [3.8, 4) is 0 Å². The summed E-state index contributed by atoms with van der Waals surface area (Å²) in [5.74, 6) is -0.420. The third-order valence-corrected chi connectivity index (χ3v) is 4.90. The van der Waals surface area contributed by atoms with Crippen LogP contribution < -0.4 is 11.1 Å². The van der Waals surface area contributed by atoms with Gasteiger partial charge in [-0.3, -0.25) is 9.59 Å². The van der Waals surface area contributed by atoms with Crippen LogP contribution in [0.4, 0.5) is 4.39 Å². The van der Waals surface area contributed by atoms with Crippen molar-refractivity contribution in [2.45, 2.75) is 6.54 Å². The summed E-state index contributed by atoms with van der Waals surface area (Å²) in [5, 5.41) is 2.47. The molecule has 24 heavy (non-hydrogen) atoms. The van der Waals surface area contributed by atoms with Gasteiger partial charge >= 0.3 is 0 Å². The maximum absolute atomic E-state index is 13.4. The lowest BCUT2D eigenvalue weighted by atomic mass is 10.2. The first kappa shape index (κ1) is 14.8. The van der Waals surface area contributed by atoms with E-state index in [0.717, 1.165) is 4.70 Å². The van der Waals surface area contributed by atoms with E-state index in [1.807, 2.05) is 11.4 Å². The number of hydrogen-bond donors (Lipinski definition) is 0. The third-order valence-electron chi connectivity index (χ3n) is 4.02. The second-order valence-electron chi connectivity index (χ2n) is 5.50. The lowest BCUT2D eigenvalue weighted by Crippen LogP contribution is -2.28. The lowest BCUT2D eigenvalue weighted by molar-refractivity contribution is 0.628. The van der Waals surface area contributed by atoms with Gasteiger partial charge in [0.25, 0.3) is 11.1 Å². The topological polar surface area (TPSA) is 56.9 Å². The zero-order chi connectivity index (χ0) is 16.8. The molecule has 0 unspecified atom stereocenters. The Morgan fingerprint density at radius 2 is 2.00 bits per heavy atom. The van der Waals surface area contributed by atoms with Crippen LogP contribution in [0.5, 0.6) is 0 Å². The minimum Gasteiger partial charge on any atom is -0.309 e. The average molecular weight is 341 g/mol. The van der Waals surface area contributed by atoms with Gasteiger partial charge in [-0.2, -0.15) is 0 Å². The first-order chi connectivity index (χ1) is 11.5. The number of aryl methyl sites for hydroxylation is 1. The van der Waals surface area contributed by atoms with Gasteiger partial charge < -0.3 is 9.13 Å². The molecule has 1 aromatic carbocycles. The first-order valence-electron chi connectivity index (χ1n) is 7.26. The molecule has 0 N–H and O–H groups in total. The molecule has 0 saturated heterocycles. The Labute approximate surface area is 139 Å². The summed E-state index contributed by atoms with van der Waals surface area (Å²) in [5.41, 5.74) is 0.665. The van der Waals surface area contributed by atoms with E-state index in [1.54, 1.807) is 19.3 Å². The standard InChI is InChI=1S/C17H12FN3O2S/c1-20-14-3-2-10(18)8-12(14)19-13(17(20)23)9-21-6-4-15-11(16(21)22)5-7-24-15/h2-8H,9H2,1H3. The molecule has 7 heteroatoms. The monoisotopic (exact) mass is 341 g/mol. The second-order valence-corrected chi connectivity index (χ2v) is 6.45. The van der Waals surface area contributed by atoms with E-state index in [0.29, 0.717) is 16.4 Å². The van der Waals surface area contributed by atoms with Gasteiger partial charge in [0.05, 0.1) is 23.0 Å². The summed E-state index contributed by atoms with van der Waals surface area (Å²) >= 11 is 1.49. The predicted octanol–water partition coefficient (Wildman–Crippen LogP) is 2.50. The quantitative estimate of drug-likeness (QED) is 0.563. The molecular weight excluding hydrogens is 329 g/mol. The number of pyridine rings is 1. The minimum atomic E-state index is -0.420. The number of nitrogens with zero attached hydrogens (tertiary/aromatic N) is 3. The molecule has 0 bridgehead atoms. The highest BCUT2D eigenvalue weighted by Crippen LogP contribution is 2.16. The number of thiophene rings is 1. The lowest BCUT2D eigenvalue weighted by Gasteiger charge is -2.09. The van der Waals surface area contributed by atoms with Gasteiger partial charge in [-0.05, 0) is 29.6 Å². The van der Waals surface area contributed by atoms with Crippen molar-refractivity contribution in [2.75, 3.05) is 0 Å². The molecule has 0 fully saturated rings. The normalized spacial score (nSPS) is 11.4. The van der Waals surface area contributed by atoms with Crippen LogP contribution in [-0.2, 0) is 13.6 Å². The minimum absolute atomic E-state index is 0.0454. The fourth-order valence-electron chi connectivity index (χ4n) is 2.76. The molecule has 4 aromatic rings. The van der Waals surface area contributed by atoms with E-state index in [1.165, 1.54) is 38.7 Å². The van der Waals surface area contributed by atoms with Gasteiger partial charge in [0, 0.05) is 24.0 Å². The van der Waals surface area contributed by atoms with Crippen LogP contribution in [-0.4, -0.2) is 14.1 Å². The van der Waals surface area contributed by atoms with Crippen molar-refractivity contribution in [3.05, 3.63) is 74.1 Å². The molecule has 120 valence electrons. The molecule has 0 aliphatic carbocycles. The van der Waals surface area contributed by atoms with Crippen LogP contribution in [0.25, 0.3) is 21.1 Å². The summed E-state index contributed by atoms with van der Waals surface area (Å²) in [6.07, 6.45) is 1.65. The van der Waals surface area contributed by atoms with Crippen molar-refractivity contribution < 1.29 is 4.39 Å². The van der Waals surface area contributed by atoms with Gasteiger partial charge in [0.2, 0.25) is 0 Å². The number of benzene rings is 1. The van der Waals surface area contributed by atoms with Crippen LogP contribution >= 0.6 is 11.3 Å². The number of aromatic nitrogens is 3. The average Bonchev–Trinajstić information content (AvgIpc) is 3.04. The summed E-state index contributed by atoms with van der Waals surface area (Å²) < 4.78 is 17.2. The second kappa shape index (κ2) is 5.38. The Kier molecular flexibility index (Phi) is 3.31. The van der Waals surface area contributed by atoms with Crippen molar-refractivity contribution >= 4 is 32.5 Å². The Hall–Kier alpha value is -2.80. The maximum atomic E-state index is 13.4. The van der Waals surface area contributed by atoms with Gasteiger partial charge in [-0.1, -0.05) is 0 Å². The van der Waals surface area contributed by atoms with Crippen molar-refractivity contribution in [2.24, 2.45) is 7.05 Å². The van der Waals surface area contributed by atoms with Gasteiger partial charge in [0.1, 0.15) is 11.5 Å². The fraction of sp³-hybridized carbons (Fsp3) is 0.118. The zero-order valence-corrected chi connectivity index (χ0v) is 13.5. The fourth-order valence-corrected chi connectivity index (χ4v) is 3.53. The number of halogens is 1. The molecule has 3 heterocycles. The molecule has 0 spiro atoms.